The fourth-order valence-corrected chi connectivity index (χ4v) is 5.20. The molecule has 0 radical (unpaired) electrons. The molecule has 0 heterocycles. The predicted octanol–water partition coefficient (Wildman–Crippen LogP) is 4.11. The molecule has 0 aliphatic heterocycles. The van der Waals surface area contributed by atoms with Crippen LogP contribution in [-0.4, -0.2) is 50.0 Å². The third kappa shape index (κ3) is 7.41. The number of benzene rings is 2. The number of halogens is 2. The maximum Gasteiger partial charge on any atom is 0.244 e. The van der Waals surface area contributed by atoms with Crippen LogP contribution in [0.1, 0.15) is 44.6 Å². The maximum atomic E-state index is 13.7. The number of nitrogens with one attached hydrogen (secondary N) is 1. The van der Waals surface area contributed by atoms with E-state index in [1.165, 1.54) is 11.0 Å². The summed E-state index contributed by atoms with van der Waals surface area (Å²) in [5.41, 5.74) is 0.861. The summed E-state index contributed by atoms with van der Waals surface area (Å²) in [6.07, 6.45) is 6.01. The van der Waals surface area contributed by atoms with Gasteiger partial charge in [0.15, 0.2) is 0 Å². The highest BCUT2D eigenvalue weighted by molar-refractivity contribution is 7.92. The summed E-state index contributed by atoms with van der Waals surface area (Å²) in [6.45, 7) is 1.20. The van der Waals surface area contributed by atoms with Crippen molar-refractivity contribution < 1.29 is 22.4 Å². The van der Waals surface area contributed by atoms with Crippen molar-refractivity contribution in [3.8, 4) is 0 Å². The second-order valence-electron chi connectivity index (χ2n) is 8.89. The molecule has 35 heavy (non-hydrogen) atoms. The first-order valence-electron chi connectivity index (χ1n) is 11.6. The van der Waals surface area contributed by atoms with E-state index in [0.29, 0.717) is 0 Å². The number of hydrogen-bond acceptors (Lipinski definition) is 4. The quantitative estimate of drug-likeness (QED) is 0.536. The minimum absolute atomic E-state index is 0.0613. The zero-order valence-electron chi connectivity index (χ0n) is 19.9. The Kier molecular flexibility index (Phi) is 9.13. The number of anilines is 1. The average Bonchev–Trinajstić information content (AvgIpc) is 2.83. The smallest absolute Gasteiger partial charge is 0.244 e. The highest BCUT2D eigenvalue weighted by Gasteiger charge is 2.31. The highest BCUT2D eigenvalue weighted by atomic mass is 35.5. The monoisotopic (exact) mass is 523 g/mol. The Bertz CT molecular complexity index is 1140. The first-order valence-corrected chi connectivity index (χ1v) is 13.9. The Labute approximate surface area is 211 Å². The molecule has 1 atom stereocenters. The summed E-state index contributed by atoms with van der Waals surface area (Å²) in [7, 11) is -3.91. The molecule has 1 fully saturated rings. The van der Waals surface area contributed by atoms with Gasteiger partial charge in [-0.2, -0.15) is 0 Å². The lowest BCUT2D eigenvalue weighted by Gasteiger charge is -2.33. The Balaban J connectivity index is 1.86. The van der Waals surface area contributed by atoms with Gasteiger partial charge >= 0.3 is 0 Å². The van der Waals surface area contributed by atoms with Gasteiger partial charge in [-0.1, -0.05) is 61.2 Å². The third-order valence-electron chi connectivity index (χ3n) is 6.18. The van der Waals surface area contributed by atoms with Crippen LogP contribution in [0.2, 0.25) is 5.02 Å². The largest absolute Gasteiger partial charge is 0.352 e. The maximum absolute atomic E-state index is 13.7. The molecule has 1 aliphatic carbocycles. The van der Waals surface area contributed by atoms with Crippen LogP contribution in [0.4, 0.5) is 10.1 Å². The molecule has 0 unspecified atom stereocenters. The van der Waals surface area contributed by atoms with Crippen LogP contribution in [0.5, 0.6) is 0 Å². The molecule has 3 rings (SSSR count). The van der Waals surface area contributed by atoms with Crippen molar-refractivity contribution in [1.29, 1.82) is 0 Å². The lowest BCUT2D eigenvalue weighted by atomic mass is 9.95. The first kappa shape index (κ1) is 26.9. The van der Waals surface area contributed by atoms with Crippen LogP contribution in [-0.2, 0) is 26.2 Å². The minimum Gasteiger partial charge on any atom is -0.352 e. The van der Waals surface area contributed by atoms with Gasteiger partial charge in [0.2, 0.25) is 21.8 Å². The summed E-state index contributed by atoms with van der Waals surface area (Å²) in [6, 6.07) is 11.9. The fourth-order valence-electron chi connectivity index (χ4n) is 4.19. The van der Waals surface area contributed by atoms with E-state index in [-0.39, 0.29) is 29.2 Å². The molecule has 2 amide bonds. The lowest BCUT2D eigenvalue weighted by molar-refractivity contribution is -0.139. The van der Waals surface area contributed by atoms with Crippen LogP contribution in [0.25, 0.3) is 0 Å². The van der Waals surface area contributed by atoms with Crippen molar-refractivity contribution in [2.45, 2.75) is 57.7 Å². The Hall–Kier alpha value is -2.65. The molecule has 10 heteroatoms. The number of nitrogens with zero attached hydrogens (tertiary/aromatic N) is 2. The number of carbonyl (C=O) groups excluding carboxylic acids is 2. The molecule has 0 saturated heterocycles. The van der Waals surface area contributed by atoms with Crippen LogP contribution in [0.15, 0.2) is 48.5 Å². The van der Waals surface area contributed by atoms with E-state index < -0.39 is 34.3 Å². The number of rotatable bonds is 9. The third-order valence-corrected chi connectivity index (χ3v) is 7.62. The minimum atomic E-state index is -3.91. The summed E-state index contributed by atoms with van der Waals surface area (Å²) in [5.74, 6) is -1.54. The van der Waals surface area contributed by atoms with Crippen molar-refractivity contribution in [2.24, 2.45) is 0 Å². The standard InChI is InChI=1S/C25H31ClFN3O4S/c1-18(25(32)28-20-11-7-4-8-12-20)29(16-19-9-5-3-6-10-19)24(31)17-30(35(2,33)34)21-13-14-23(27)22(26)15-21/h3,5-6,9-10,13-15,18,20H,4,7-8,11-12,16-17H2,1-2H3,(H,28,32)/t18-/m1/s1. The van der Waals surface area contributed by atoms with Gasteiger partial charge < -0.3 is 10.2 Å². The van der Waals surface area contributed by atoms with Crippen LogP contribution in [0, 0.1) is 5.82 Å². The molecule has 0 aromatic heterocycles. The van der Waals surface area contributed by atoms with Crippen molar-refractivity contribution in [1.82, 2.24) is 10.2 Å². The molecule has 2 aromatic rings. The van der Waals surface area contributed by atoms with E-state index >= 15 is 0 Å². The van der Waals surface area contributed by atoms with E-state index in [2.05, 4.69) is 5.32 Å². The normalized spacial score (nSPS) is 15.3. The molecular weight excluding hydrogens is 493 g/mol. The zero-order chi connectivity index (χ0) is 25.6. The topological polar surface area (TPSA) is 86.8 Å². The lowest BCUT2D eigenvalue weighted by Crippen LogP contribution is -2.52. The second-order valence-corrected chi connectivity index (χ2v) is 11.2. The van der Waals surface area contributed by atoms with Crippen LogP contribution < -0.4 is 9.62 Å². The van der Waals surface area contributed by atoms with Gasteiger partial charge in [-0.3, -0.25) is 13.9 Å². The second kappa shape index (κ2) is 11.9. The molecule has 0 bridgehead atoms. The molecule has 190 valence electrons. The Morgan fingerprint density at radius 3 is 2.37 bits per heavy atom. The molecule has 1 N–H and O–H groups in total. The molecule has 2 aromatic carbocycles. The van der Waals surface area contributed by atoms with Gasteiger partial charge in [0, 0.05) is 12.6 Å². The van der Waals surface area contributed by atoms with E-state index in [0.717, 1.165) is 60.4 Å². The van der Waals surface area contributed by atoms with Gasteiger partial charge in [-0.25, -0.2) is 12.8 Å². The van der Waals surface area contributed by atoms with Gasteiger partial charge in [-0.15, -0.1) is 0 Å². The first-order chi connectivity index (χ1) is 16.6. The van der Waals surface area contributed by atoms with E-state index in [9.17, 15) is 22.4 Å². The van der Waals surface area contributed by atoms with Crippen molar-refractivity contribution in [3.05, 3.63) is 64.9 Å². The van der Waals surface area contributed by atoms with Gasteiger partial charge in [0.25, 0.3) is 0 Å². The summed E-state index contributed by atoms with van der Waals surface area (Å²) < 4.78 is 39.6. The number of hydrogen-bond donors (Lipinski definition) is 1. The Morgan fingerprint density at radius 2 is 1.77 bits per heavy atom. The van der Waals surface area contributed by atoms with Gasteiger partial charge in [-0.05, 0) is 43.5 Å². The van der Waals surface area contributed by atoms with Crippen molar-refractivity contribution in [2.75, 3.05) is 17.1 Å². The van der Waals surface area contributed by atoms with E-state index in [1.807, 2.05) is 30.3 Å². The van der Waals surface area contributed by atoms with E-state index in [4.69, 9.17) is 11.6 Å². The SMILES string of the molecule is C[C@H](C(=O)NC1CCCCC1)N(Cc1ccccc1)C(=O)CN(c1ccc(F)c(Cl)c1)S(C)(=O)=O. The number of amides is 2. The molecule has 1 saturated carbocycles. The Morgan fingerprint density at radius 1 is 1.11 bits per heavy atom. The average molecular weight is 524 g/mol. The molecule has 0 spiro atoms. The zero-order valence-corrected chi connectivity index (χ0v) is 21.5. The van der Waals surface area contributed by atoms with Crippen molar-refractivity contribution >= 4 is 39.1 Å². The van der Waals surface area contributed by atoms with Crippen LogP contribution in [0.3, 0.4) is 0 Å². The van der Waals surface area contributed by atoms with Gasteiger partial charge in [0.05, 0.1) is 17.0 Å². The summed E-state index contributed by atoms with van der Waals surface area (Å²) >= 11 is 5.85. The molecular formula is C25H31ClFN3O4S. The van der Waals surface area contributed by atoms with Gasteiger partial charge in [0.1, 0.15) is 18.4 Å². The fraction of sp³-hybridized carbons (Fsp3) is 0.440. The molecule has 7 nitrogen and oxygen atoms in total. The van der Waals surface area contributed by atoms with E-state index in [1.54, 1.807) is 6.92 Å². The predicted molar refractivity (Wildman–Crippen MR) is 135 cm³/mol. The van der Waals surface area contributed by atoms with Crippen molar-refractivity contribution in [3.63, 3.8) is 0 Å². The summed E-state index contributed by atoms with van der Waals surface area (Å²) in [4.78, 5) is 28.0. The highest BCUT2D eigenvalue weighted by Crippen LogP contribution is 2.25. The molecule has 1 aliphatic rings. The summed E-state index contributed by atoms with van der Waals surface area (Å²) in [5, 5.41) is 2.79. The van der Waals surface area contributed by atoms with Crippen LogP contribution >= 0.6 is 11.6 Å². The number of carbonyl (C=O) groups is 2. The number of sulfonamides is 1.